The molecular formula is C21H22N4O3S. The number of nitrogens with zero attached hydrogens (tertiary/aromatic N) is 2. The van der Waals surface area contributed by atoms with Gasteiger partial charge in [-0.2, -0.15) is 0 Å². The topological polar surface area (TPSA) is 91.4 Å². The maximum atomic E-state index is 12.8. The standard InChI is InChI=1S/C21H22N4O3S/c1-25(2)15-16-9-11-17(12-10-16)23-21(26)19-7-3-4-8-20(19)29(27,28)24-18-6-5-13-22-14-18/h3-14,24H,15H2,1-2H3,(H,23,26). The van der Waals surface area contributed by atoms with Crippen molar-refractivity contribution >= 4 is 27.3 Å². The van der Waals surface area contributed by atoms with Crippen molar-refractivity contribution in [3.8, 4) is 0 Å². The summed E-state index contributed by atoms with van der Waals surface area (Å²) in [5, 5.41) is 2.76. The molecule has 1 heterocycles. The molecule has 0 aliphatic carbocycles. The van der Waals surface area contributed by atoms with Crippen molar-refractivity contribution in [2.24, 2.45) is 0 Å². The van der Waals surface area contributed by atoms with Gasteiger partial charge in [0.05, 0.1) is 17.4 Å². The summed E-state index contributed by atoms with van der Waals surface area (Å²) in [7, 11) is -0.000295. The minimum atomic E-state index is -3.96. The number of benzene rings is 2. The Kier molecular flexibility index (Phi) is 6.26. The average molecular weight is 410 g/mol. The molecule has 0 spiro atoms. The molecule has 0 bridgehead atoms. The molecule has 0 unspecified atom stereocenters. The summed E-state index contributed by atoms with van der Waals surface area (Å²) in [6.45, 7) is 0.787. The van der Waals surface area contributed by atoms with Crippen LogP contribution in [0.5, 0.6) is 0 Å². The lowest BCUT2D eigenvalue weighted by Crippen LogP contribution is -2.20. The second kappa shape index (κ2) is 8.85. The number of sulfonamides is 1. The molecule has 0 saturated carbocycles. The maximum absolute atomic E-state index is 12.8. The van der Waals surface area contributed by atoms with Crippen molar-refractivity contribution in [2.75, 3.05) is 24.1 Å². The Morgan fingerprint density at radius 1 is 0.966 bits per heavy atom. The smallest absolute Gasteiger partial charge is 0.262 e. The second-order valence-corrected chi connectivity index (χ2v) is 8.38. The summed E-state index contributed by atoms with van der Waals surface area (Å²) in [6, 6.07) is 16.7. The number of hydrogen-bond donors (Lipinski definition) is 2. The predicted molar refractivity (Wildman–Crippen MR) is 113 cm³/mol. The molecule has 7 nitrogen and oxygen atoms in total. The van der Waals surface area contributed by atoms with Gasteiger partial charge in [-0.1, -0.05) is 24.3 Å². The van der Waals surface area contributed by atoms with Gasteiger partial charge in [0.25, 0.3) is 15.9 Å². The van der Waals surface area contributed by atoms with E-state index in [-0.39, 0.29) is 10.5 Å². The van der Waals surface area contributed by atoms with E-state index < -0.39 is 15.9 Å². The molecule has 2 aromatic carbocycles. The van der Waals surface area contributed by atoms with Crippen molar-refractivity contribution in [3.63, 3.8) is 0 Å². The number of anilines is 2. The Morgan fingerprint density at radius 2 is 1.69 bits per heavy atom. The number of rotatable bonds is 7. The number of pyridine rings is 1. The quantitative estimate of drug-likeness (QED) is 0.624. The van der Waals surface area contributed by atoms with E-state index in [2.05, 4.69) is 15.0 Å². The largest absolute Gasteiger partial charge is 0.322 e. The Hall–Kier alpha value is -3.23. The fraction of sp³-hybridized carbons (Fsp3) is 0.143. The lowest BCUT2D eigenvalue weighted by Gasteiger charge is -2.13. The molecule has 3 aromatic rings. The fourth-order valence-corrected chi connectivity index (χ4v) is 4.03. The normalized spacial score (nSPS) is 11.3. The number of amides is 1. The van der Waals surface area contributed by atoms with Crippen LogP contribution in [0.1, 0.15) is 15.9 Å². The zero-order valence-corrected chi connectivity index (χ0v) is 17.0. The van der Waals surface area contributed by atoms with E-state index in [1.807, 2.05) is 31.1 Å². The molecule has 29 heavy (non-hydrogen) atoms. The van der Waals surface area contributed by atoms with E-state index >= 15 is 0 Å². The highest BCUT2D eigenvalue weighted by atomic mass is 32.2. The van der Waals surface area contributed by atoms with E-state index in [1.165, 1.54) is 18.3 Å². The molecule has 0 radical (unpaired) electrons. The fourth-order valence-electron chi connectivity index (χ4n) is 2.78. The van der Waals surface area contributed by atoms with Crippen LogP contribution in [-0.2, 0) is 16.6 Å². The van der Waals surface area contributed by atoms with E-state index in [1.54, 1.807) is 42.6 Å². The van der Waals surface area contributed by atoms with Crippen molar-refractivity contribution in [2.45, 2.75) is 11.4 Å². The number of aromatic nitrogens is 1. The molecule has 3 rings (SSSR count). The van der Waals surface area contributed by atoms with Crippen molar-refractivity contribution < 1.29 is 13.2 Å². The summed E-state index contributed by atoms with van der Waals surface area (Å²) >= 11 is 0. The van der Waals surface area contributed by atoms with E-state index in [0.29, 0.717) is 11.4 Å². The van der Waals surface area contributed by atoms with Crippen LogP contribution in [0.4, 0.5) is 11.4 Å². The Labute approximate surface area is 170 Å². The molecule has 150 valence electrons. The molecule has 0 saturated heterocycles. The number of hydrogen-bond acceptors (Lipinski definition) is 5. The first-order chi connectivity index (χ1) is 13.8. The van der Waals surface area contributed by atoms with Crippen LogP contribution in [0.15, 0.2) is 78.0 Å². The van der Waals surface area contributed by atoms with Gasteiger partial charge < -0.3 is 10.2 Å². The number of nitrogens with one attached hydrogen (secondary N) is 2. The summed E-state index contributed by atoms with van der Waals surface area (Å²) in [5.74, 6) is -0.502. The molecule has 1 amide bonds. The zero-order chi connectivity index (χ0) is 20.9. The predicted octanol–water partition coefficient (Wildman–Crippen LogP) is 3.20. The van der Waals surface area contributed by atoms with Crippen LogP contribution < -0.4 is 10.0 Å². The Bertz CT molecular complexity index is 1080. The highest BCUT2D eigenvalue weighted by molar-refractivity contribution is 7.92. The van der Waals surface area contributed by atoms with Crippen LogP contribution in [0, 0.1) is 0 Å². The molecule has 2 N–H and O–H groups in total. The van der Waals surface area contributed by atoms with Crippen molar-refractivity contribution in [1.82, 2.24) is 9.88 Å². The van der Waals surface area contributed by atoms with Gasteiger partial charge in [0.2, 0.25) is 0 Å². The first-order valence-electron chi connectivity index (χ1n) is 8.92. The molecule has 8 heteroatoms. The van der Waals surface area contributed by atoms with Gasteiger partial charge in [0.1, 0.15) is 4.90 Å². The lowest BCUT2D eigenvalue weighted by molar-refractivity contribution is 0.102. The molecule has 1 aromatic heterocycles. The van der Waals surface area contributed by atoms with Gasteiger partial charge >= 0.3 is 0 Å². The Morgan fingerprint density at radius 3 is 2.34 bits per heavy atom. The third-order valence-electron chi connectivity index (χ3n) is 4.05. The van der Waals surface area contributed by atoms with Crippen molar-refractivity contribution in [1.29, 1.82) is 0 Å². The van der Waals surface area contributed by atoms with Crippen LogP contribution in [0.2, 0.25) is 0 Å². The monoisotopic (exact) mass is 410 g/mol. The minimum absolute atomic E-state index is 0.0567. The molecule has 0 fully saturated rings. The Balaban J connectivity index is 1.81. The summed E-state index contributed by atoms with van der Waals surface area (Å²) < 4.78 is 28.1. The molecule has 0 atom stereocenters. The highest BCUT2D eigenvalue weighted by Gasteiger charge is 2.22. The summed E-state index contributed by atoms with van der Waals surface area (Å²) in [6.07, 6.45) is 2.94. The summed E-state index contributed by atoms with van der Waals surface area (Å²) in [4.78, 5) is 18.6. The van der Waals surface area contributed by atoms with E-state index in [4.69, 9.17) is 0 Å². The SMILES string of the molecule is CN(C)Cc1ccc(NC(=O)c2ccccc2S(=O)(=O)Nc2cccnc2)cc1. The number of carbonyl (C=O) groups excluding carboxylic acids is 1. The van der Waals surface area contributed by atoms with Gasteiger partial charge in [-0.15, -0.1) is 0 Å². The first-order valence-corrected chi connectivity index (χ1v) is 10.4. The third kappa shape index (κ3) is 5.40. The summed E-state index contributed by atoms with van der Waals surface area (Å²) in [5.41, 5.74) is 2.07. The van der Waals surface area contributed by atoms with Crippen LogP contribution in [0.3, 0.4) is 0 Å². The van der Waals surface area contributed by atoms with Gasteiger partial charge in [0.15, 0.2) is 0 Å². The zero-order valence-electron chi connectivity index (χ0n) is 16.2. The third-order valence-corrected chi connectivity index (χ3v) is 5.49. The molecule has 0 aliphatic heterocycles. The van der Waals surface area contributed by atoms with E-state index in [0.717, 1.165) is 12.1 Å². The lowest BCUT2D eigenvalue weighted by atomic mass is 10.1. The first kappa shape index (κ1) is 20.5. The number of carbonyl (C=O) groups is 1. The van der Waals surface area contributed by atoms with E-state index in [9.17, 15) is 13.2 Å². The average Bonchev–Trinajstić information content (AvgIpc) is 2.69. The van der Waals surface area contributed by atoms with Gasteiger partial charge in [-0.05, 0) is 56.1 Å². The van der Waals surface area contributed by atoms with Gasteiger partial charge in [-0.25, -0.2) is 8.42 Å². The highest BCUT2D eigenvalue weighted by Crippen LogP contribution is 2.21. The minimum Gasteiger partial charge on any atom is -0.322 e. The van der Waals surface area contributed by atoms with Gasteiger partial charge in [0, 0.05) is 18.4 Å². The van der Waals surface area contributed by atoms with Crippen LogP contribution >= 0.6 is 0 Å². The maximum Gasteiger partial charge on any atom is 0.262 e. The molecule has 0 aliphatic rings. The van der Waals surface area contributed by atoms with Crippen molar-refractivity contribution in [3.05, 3.63) is 84.2 Å². The van der Waals surface area contributed by atoms with Gasteiger partial charge in [-0.3, -0.25) is 14.5 Å². The second-order valence-electron chi connectivity index (χ2n) is 6.73. The van der Waals surface area contributed by atoms with Crippen LogP contribution in [0.25, 0.3) is 0 Å². The molecular weight excluding hydrogens is 388 g/mol. The van der Waals surface area contributed by atoms with Crippen LogP contribution in [-0.4, -0.2) is 38.3 Å².